The van der Waals surface area contributed by atoms with Gasteiger partial charge in [0.15, 0.2) is 0 Å². The van der Waals surface area contributed by atoms with E-state index in [1.54, 1.807) is 12.3 Å². The number of pyridine rings is 1. The molecule has 31 heavy (non-hydrogen) atoms. The minimum atomic E-state index is -0.256. The summed E-state index contributed by atoms with van der Waals surface area (Å²) in [5.74, 6) is -0.256. The van der Waals surface area contributed by atoms with Crippen molar-refractivity contribution in [1.82, 2.24) is 20.1 Å². The number of rotatable bonds is 5. The van der Waals surface area contributed by atoms with Crippen molar-refractivity contribution in [3.8, 4) is 11.1 Å². The second kappa shape index (κ2) is 8.51. The molecule has 0 unspecified atom stereocenters. The highest BCUT2D eigenvalue weighted by Gasteiger charge is 2.17. The molecule has 4 rings (SSSR count). The highest BCUT2D eigenvalue weighted by molar-refractivity contribution is 9.10. The van der Waals surface area contributed by atoms with Gasteiger partial charge in [0, 0.05) is 33.7 Å². The number of nitrogens with zero attached hydrogens (tertiary/aromatic N) is 2. The monoisotopic (exact) mass is 478 g/mol. The van der Waals surface area contributed by atoms with Crippen LogP contribution in [0.3, 0.4) is 0 Å². The lowest BCUT2D eigenvalue weighted by Crippen LogP contribution is -2.28. The van der Waals surface area contributed by atoms with Crippen molar-refractivity contribution in [3.05, 3.63) is 86.4 Å². The number of fused-ring (bicyclic) bond motifs is 1. The third-order valence-corrected chi connectivity index (χ3v) is 5.65. The Labute approximate surface area is 188 Å². The smallest absolute Gasteiger partial charge is 0.253 e. The summed E-state index contributed by atoms with van der Waals surface area (Å²) in [6, 6.07) is 15.5. The van der Waals surface area contributed by atoms with Gasteiger partial charge in [-0.1, -0.05) is 46.3 Å². The fourth-order valence-corrected chi connectivity index (χ4v) is 4.19. The first-order chi connectivity index (χ1) is 14.8. The molecule has 0 saturated heterocycles. The molecule has 0 aliphatic rings. The van der Waals surface area contributed by atoms with Gasteiger partial charge >= 0.3 is 0 Å². The van der Waals surface area contributed by atoms with E-state index in [2.05, 4.69) is 31.3 Å². The molecule has 2 heterocycles. The molecular weight excluding hydrogens is 456 g/mol. The summed E-state index contributed by atoms with van der Waals surface area (Å²) in [7, 11) is 0. The number of aromatic nitrogens is 3. The first-order valence-electron chi connectivity index (χ1n) is 10.1. The van der Waals surface area contributed by atoms with Crippen molar-refractivity contribution >= 4 is 32.7 Å². The van der Waals surface area contributed by atoms with Gasteiger partial charge in [-0.25, -0.2) is 0 Å². The Morgan fingerprint density at radius 3 is 2.65 bits per heavy atom. The van der Waals surface area contributed by atoms with E-state index >= 15 is 0 Å². The van der Waals surface area contributed by atoms with Gasteiger partial charge in [0.1, 0.15) is 0 Å². The molecule has 7 heteroatoms. The number of H-pyrrole nitrogens is 1. The normalized spacial score (nSPS) is 11.3. The van der Waals surface area contributed by atoms with Crippen LogP contribution in [0.1, 0.15) is 41.5 Å². The number of hydrogen-bond donors (Lipinski definition) is 2. The lowest BCUT2D eigenvalue weighted by Gasteiger charge is -2.12. The number of hydrogen-bond acceptors (Lipinski definition) is 3. The van der Waals surface area contributed by atoms with Gasteiger partial charge in [-0.3, -0.25) is 14.3 Å². The van der Waals surface area contributed by atoms with Gasteiger partial charge in [-0.15, -0.1) is 0 Å². The van der Waals surface area contributed by atoms with Crippen molar-refractivity contribution < 1.29 is 4.79 Å². The number of nitrogens with one attached hydrogen (secondary N) is 2. The Balaban J connectivity index is 1.69. The predicted molar refractivity (Wildman–Crippen MR) is 126 cm³/mol. The van der Waals surface area contributed by atoms with Gasteiger partial charge in [-0.2, -0.15) is 5.10 Å². The zero-order chi connectivity index (χ0) is 22.1. The summed E-state index contributed by atoms with van der Waals surface area (Å²) in [5.41, 5.74) is 4.24. The fourth-order valence-electron chi connectivity index (χ4n) is 3.74. The molecule has 158 valence electrons. The highest BCUT2D eigenvalue weighted by atomic mass is 79.9. The number of carbonyl (C=O) groups is 1. The first-order valence-corrected chi connectivity index (χ1v) is 10.9. The van der Waals surface area contributed by atoms with Crippen molar-refractivity contribution in [2.75, 3.05) is 0 Å². The predicted octanol–water partition coefficient (Wildman–Crippen LogP) is 4.97. The second-order valence-electron chi connectivity index (χ2n) is 7.79. The molecule has 4 aromatic rings. The summed E-state index contributed by atoms with van der Waals surface area (Å²) < 4.78 is 2.68. The maximum absolute atomic E-state index is 13.1. The lowest BCUT2D eigenvalue weighted by molar-refractivity contribution is 0.0952. The van der Waals surface area contributed by atoms with Crippen LogP contribution in [0.2, 0.25) is 0 Å². The second-order valence-corrected chi connectivity index (χ2v) is 8.71. The zero-order valence-corrected chi connectivity index (χ0v) is 19.2. The van der Waals surface area contributed by atoms with Crippen LogP contribution in [-0.2, 0) is 6.54 Å². The van der Waals surface area contributed by atoms with Crippen LogP contribution in [0.25, 0.3) is 22.0 Å². The lowest BCUT2D eigenvalue weighted by atomic mass is 10.0. The average molecular weight is 479 g/mol. The summed E-state index contributed by atoms with van der Waals surface area (Å²) in [5, 5.41) is 8.14. The summed E-state index contributed by atoms with van der Waals surface area (Å²) in [6.45, 7) is 6.05. The molecule has 0 bridgehead atoms. The van der Waals surface area contributed by atoms with Gasteiger partial charge in [-0.05, 0) is 50.1 Å². The van der Waals surface area contributed by atoms with Crippen LogP contribution < -0.4 is 10.9 Å². The number of aromatic amines is 1. The first kappa shape index (κ1) is 21.1. The molecule has 0 saturated carbocycles. The SMILES string of the molecule is Cc1cc(-c2ccccc2)c(CNC(=O)c2cc(Br)cc3c2cnn3C(C)C)c(=O)[nH]1. The molecule has 0 aliphatic heterocycles. The van der Waals surface area contributed by atoms with Crippen LogP contribution in [0.5, 0.6) is 0 Å². The molecule has 0 fully saturated rings. The van der Waals surface area contributed by atoms with E-state index in [9.17, 15) is 9.59 Å². The van der Waals surface area contributed by atoms with Crippen LogP contribution in [0, 0.1) is 6.92 Å². The van der Waals surface area contributed by atoms with Crippen LogP contribution >= 0.6 is 15.9 Å². The van der Waals surface area contributed by atoms with E-state index in [0.717, 1.165) is 32.2 Å². The van der Waals surface area contributed by atoms with Gasteiger partial charge in [0.05, 0.1) is 17.3 Å². The highest BCUT2D eigenvalue weighted by Crippen LogP contribution is 2.27. The molecule has 2 aromatic carbocycles. The third kappa shape index (κ3) is 4.18. The Bertz CT molecular complexity index is 1320. The van der Waals surface area contributed by atoms with E-state index in [0.29, 0.717) is 11.1 Å². The van der Waals surface area contributed by atoms with E-state index in [-0.39, 0.29) is 24.1 Å². The number of amides is 1. The molecule has 2 aromatic heterocycles. The van der Waals surface area contributed by atoms with Crippen molar-refractivity contribution in [3.63, 3.8) is 0 Å². The molecule has 6 nitrogen and oxygen atoms in total. The minimum Gasteiger partial charge on any atom is -0.348 e. The summed E-state index contributed by atoms with van der Waals surface area (Å²) in [6.07, 6.45) is 1.71. The minimum absolute atomic E-state index is 0.116. The van der Waals surface area contributed by atoms with Gasteiger partial charge in [0.25, 0.3) is 11.5 Å². The maximum Gasteiger partial charge on any atom is 0.253 e. The number of aryl methyl sites for hydroxylation is 1. The van der Waals surface area contributed by atoms with E-state index in [4.69, 9.17) is 0 Å². The molecule has 2 N–H and O–H groups in total. The fraction of sp³-hybridized carbons (Fsp3) is 0.208. The van der Waals surface area contributed by atoms with E-state index in [1.165, 1.54) is 0 Å². The Morgan fingerprint density at radius 1 is 1.19 bits per heavy atom. The maximum atomic E-state index is 13.1. The Morgan fingerprint density at radius 2 is 1.94 bits per heavy atom. The van der Waals surface area contributed by atoms with Gasteiger partial charge < -0.3 is 10.3 Å². The molecule has 0 spiro atoms. The van der Waals surface area contributed by atoms with Crippen LogP contribution in [0.15, 0.2) is 64.0 Å². The van der Waals surface area contributed by atoms with Crippen LogP contribution in [-0.4, -0.2) is 20.7 Å². The average Bonchev–Trinajstić information content (AvgIpc) is 3.16. The molecule has 0 atom stereocenters. The topological polar surface area (TPSA) is 79.8 Å². The molecule has 1 amide bonds. The quantitative estimate of drug-likeness (QED) is 0.424. The number of carbonyl (C=O) groups excluding carboxylic acids is 1. The molecular formula is C24H23BrN4O2. The van der Waals surface area contributed by atoms with Crippen molar-refractivity contribution in [2.24, 2.45) is 0 Å². The largest absolute Gasteiger partial charge is 0.348 e. The van der Waals surface area contributed by atoms with Crippen molar-refractivity contribution in [1.29, 1.82) is 0 Å². The third-order valence-electron chi connectivity index (χ3n) is 5.20. The van der Waals surface area contributed by atoms with Crippen LogP contribution in [0.4, 0.5) is 0 Å². The summed E-state index contributed by atoms with van der Waals surface area (Å²) in [4.78, 5) is 28.6. The molecule has 0 aliphatic carbocycles. The Hall–Kier alpha value is -3.19. The van der Waals surface area contributed by atoms with Gasteiger partial charge in [0.2, 0.25) is 0 Å². The standard InChI is InChI=1S/C24H23BrN4O2/c1-14(2)29-22-11-17(25)10-19(20(22)13-27-29)23(30)26-12-21-18(9-15(3)28-24(21)31)16-7-5-4-6-8-16/h4-11,13-14H,12H2,1-3H3,(H,26,30)(H,28,31). The zero-order valence-electron chi connectivity index (χ0n) is 17.6. The Kier molecular flexibility index (Phi) is 5.78. The number of benzene rings is 2. The van der Waals surface area contributed by atoms with E-state index in [1.807, 2.05) is 67.9 Å². The number of halogens is 1. The van der Waals surface area contributed by atoms with E-state index < -0.39 is 0 Å². The van der Waals surface area contributed by atoms with Crippen molar-refractivity contribution in [2.45, 2.75) is 33.4 Å². The molecule has 0 radical (unpaired) electrons. The summed E-state index contributed by atoms with van der Waals surface area (Å²) >= 11 is 3.50.